The summed E-state index contributed by atoms with van der Waals surface area (Å²) < 4.78 is 3.02. The molecule has 1 aromatic heterocycles. The topological polar surface area (TPSA) is 76.3 Å². The molecule has 4 rings (SSSR count). The van der Waals surface area contributed by atoms with Crippen LogP contribution in [-0.2, 0) is 13.1 Å². The number of carbonyl (C=O) groups excluding carboxylic acids is 1. The highest BCUT2D eigenvalue weighted by Gasteiger charge is 2.16. The van der Waals surface area contributed by atoms with Crippen LogP contribution in [-0.4, -0.2) is 46.1 Å². The Balaban J connectivity index is 1.39. The number of hydrogen-bond acceptors (Lipinski definition) is 4. The van der Waals surface area contributed by atoms with Gasteiger partial charge in [0.25, 0.3) is 5.91 Å². The number of piperidine rings is 1. The van der Waals surface area contributed by atoms with Gasteiger partial charge in [-0.2, -0.15) is 0 Å². The molecule has 1 aliphatic rings. The van der Waals surface area contributed by atoms with E-state index in [4.69, 9.17) is 0 Å². The van der Waals surface area contributed by atoms with Crippen molar-refractivity contribution in [3.63, 3.8) is 0 Å². The predicted molar refractivity (Wildman–Crippen MR) is 135 cm³/mol. The smallest absolute Gasteiger partial charge is 0.317 e. The normalized spacial score (nSPS) is 16.6. The largest absolute Gasteiger partial charge is 0.352 e. The second-order valence-electron chi connectivity index (χ2n) is 9.28. The maximum atomic E-state index is 12.8. The first-order chi connectivity index (χ1) is 16.5. The predicted octanol–water partition coefficient (Wildman–Crippen LogP) is 3.08. The van der Waals surface area contributed by atoms with Gasteiger partial charge in [0.15, 0.2) is 0 Å². The van der Waals surface area contributed by atoms with Crippen LogP contribution in [0.15, 0.2) is 58.1 Å². The second kappa shape index (κ2) is 10.8. The number of likely N-dealkylation sites (tertiary alicyclic amines) is 1. The van der Waals surface area contributed by atoms with Crippen LogP contribution in [0.4, 0.5) is 0 Å². The molecule has 1 amide bonds. The molecule has 0 bridgehead atoms. The van der Waals surface area contributed by atoms with E-state index < -0.39 is 11.1 Å². The van der Waals surface area contributed by atoms with Gasteiger partial charge < -0.3 is 14.8 Å². The van der Waals surface area contributed by atoms with Crippen molar-refractivity contribution in [3.05, 3.63) is 80.4 Å². The quantitative estimate of drug-likeness (QED) is 0.412. The van der Waals surface area contributed by atoms with Crippen molar-refractivity contribution in [2.45, 2.75) is 46.2 Å². The molecule has 2 aromatic carbocycles. The summed E-state index contributed by atoms with van der Waals surface area (Å²) >= 11 is 0. The van der Waals surface area contributed by atoms with Crippen molar-refractivity contribution in [3.8, 4) is 0 Å². The van der Waals surface area contributed by atoms with Gasteiger partial charge in [0.2, 0.25) is 0 Å². The molecule has 1 atom stereocenters. The summed E-state index contributed by atoms with van der Waals surface area (Å²) in [5, 5.41) is 3.01. The van der Waals surface area contributed by atoms with Crippen molar-refractivity contribution in [2.75, 3.05) is 26.2 Å². The van der Waals surface area contributed by atoms with Crippen molar-refractivity contribution in [2.24, 2.45) is 5.92 Å². The van der Waals surface area contributed by atoms with Gasteiger partial charge in [-0.25, -0.2) is 0 Å². The van der Waals surface area contributed by atoms with Crippen molar-refractivity contribution < 1.29 is 4.79 Å². The number of aromatic nitrogens is 2. The minimum absolute atomic E-state index is 0.0910. The van der Waals surface area contributed by atoms with Crippen LogP contribution in [0.5, 0.6) is 0 Å². The number of amides is 1. The molecule has 1 N–H and O–H groups in total. The van der Waals surface area contributed by atoms with E-state index in [2.05, 4.69) is 17.1 Å². The SMILES string of the molecule is CCn1c(=O)c(=O)n(Cc2ccc(C(=O)NCCCN3CCC[C@@H](C)C3)cc2)c2ccccc21. The average Bonchev–Trinajstić information content (AvgIpc) is 2.85. The Labute approximate surface area is 200 Å². The summed E-state index contributed by atoms with van der Waals surface area (Å²) in [6.45, 7) is 8.85. The maximum absolute atomic E-state index is 12.8. The lowest BCUT2D eigenvalue weighted by molar-refractivity contribution is 0.0950. The monoisotopic (exact) mass is 462 g/mol. The van der Waals surface area contributed by atoms with Gasteiger partial charge in [-0.3, -0.25) is 19.0 Å². The van der Waals surface area contributed by atoms with Crippen LogP contribution in [0.25, 0.3) is 11.0 Å². The molecule has 7 nitrogen and oxygen atoms in total. The van der Waals surface area contributed by atoms with Crippen LogP contribution in [0.3, 0.4) is 0 Å². The van der Waals surface area contributed by atoms with Crippen LogP contribution in [0.1, 0.15) is 49.0 Å². The molecule has 1 aliphatic heterocycles. The number of para-hydroxylation sites is 2. The Kier molecular flexibility index (Phi) is 7.63. The molecule has 3 aromatic rings. The van der Waals surface area contributed by atoms with Gasteiger partial charge in [-0.1, -0.05) is 31.2 Å². The highest BCUT2D eigenvalue weighted by atomic mass is 16.2. The van der Waals surface area contributed by atoms with Crippen molar-refractivity contribution in [1.82, 2.24) is 19.4 Å². The van der Waals surface area contributed by atoms with Gasteiger partial charge in [-0.05, 0) is 75.0 Å². The number of nitrogens with zero attached hydrogens (tertiary/aromatic N) is 3. The number of benzene rings is 2. The van der Waals surface area contributed by atoms with Gasteiger partial charge in [0, 0.05) is 25.2 Å². The zero-order chi connectivity index (χ0) is 24.1. The summed E-state index contributed by atoms with van der Waals surface area (Å²) in [7, 11) is 0. The fourth-order valence-electron chi connectivity index (χ4n) is 4.88. The van der Waals surface area contributed by atoms with Crippen LogP contribution >= 0.6 is 0 Å². The third kappa shape index (κ3) is 5.30. The lowest BCUT2D eigenvalue weighted by Gasteiger charge is -2.30. The number of fused-ring (bicyclic) bond motifs is 1. The molecule has 1 saturated heterocycles. The minimum atomic E-state index is -0.537. The molecular formula is C27H34N4O3. The number of hydrogen-bond donors (Lipinski definition) is 1. The van der Waals surface area contributed by atoms with Crippen molar-refractivity contribution in [1.29, 1.82) is 0 Å². The molecule has 0 saturated carbocycles. The van der Waals surface area contributed by atoms with Crippen LogP contribution in [0.2, 0.25) is 0 Å². The van der Waals surface area contributed by atoms with E-state index in [1.54, 1.807) is 12.1 Å². The Morgan fingerprint density at radius 2 is 1.68 bits per heavy atom. The van der Waals surface area contributed by atoms with E-state index in [0.29, 0.717) is 18.7 Å². The standard InChI is InChI=1S/C27H34N4O3/c1-3-30-23-9-4-5-10-24(23)31(27(34)26(30)33)19-21-11-13-22(14-12-21)25(32)28-15-7-17-29-16-6-8-20(2)18-29/h4-5,9-14,20H,3,6-8,15-19H2,1-2H3,(H,28,32)/t20-/m1/s1. The first-order valence-corrected chi connectivity index (χ1v) is 12.3. The highest BCUT2D eigenvalue weighted by Crippen LogP contribution is 2.15. The Bertz CT molecular complexity index is 1260. The van der Waals surface area contributed by atoms with Gasteiger partial charge in [0.1, 0.15) is 0 Å². The molecule has 7 heteroatoms. The average molecular weight is 463 g/mol. The van der Waals surface area contributed by atoms with Crippen LogP contribution < -0.4 is 16.4 Å². The summed E-state index contributed by atoms with van der Waals surface area (Å²) in [6, 6.07) is 14.7. The van der Waals surface area contributed by atoms with E-state index in [1.807, 2.05) is 43.3 Å². The third-order valence-electron chi connectivity index (χ3n) is 6.69. The van der Waals surface area contributed by atoms with E-state index in [9.17, 15) is 14.4 Å². The van der Waals surface area contributed by atoms with Crippen LogP contribution in [0, 0.1) is 5.92 Å². The molecule has 1 fully saturated rings. The Morgan fingerprint density at radius 3 is 2.35 bits per heavy atom. The van der Waals surface area contributed by atoms with E-state index in [0.717, 1.165) is 48.6 Å². The Morgan fingerprint density at radius 1 is 1.00 bits per heavy atom. The molecule has 0 aliphatic carbocycles. The molecular weight excluding hydrogens is 428 g/mol. The lowest BCUT2D eigenvalue weighted by atomic mass is 10.0. The summed E-state index contributed by atoms with van der Waals surface area (Å²) in [6.07, 6.45) is 3.52. The first-order valence-electron chi connectivity index (χ1n) is 12.3. The number of carbonyl (C=O) groups is 1. The molecule has 0 unspecified atom stereocenters. The molecule has 2 heterocycles. The van der Waals surface area contributed by atoms with E-state index in [1.165, 1.54) is 22.0 Å². The van der Waals surface area contributed by atoms with E-state index >= 15 is 0 Å². The molecule has 0 spiro atoms. The molecule has 0 radical (unpaired) electrons. The zero-order valence-corrected chi connectivity index (χ0v) is 20.1. The number of nitrogens with one attached hydrogen (secondary N) is 1. The Hall–Kier alpha value is -3.19. The lowest BCUT2D eigenvalue weighted by Crippen LogP contribution is -2.41. The first kappa shape index (κ1) is 24.0. The van der Waals surface area contributed by atoms with Gasteiger partial charge in [0.05, 0.1) is 17.6 Å². The number of rotatable bonds is 8. The summed E-state index contributed by atoms with van der Waals surface area (Å²) in [5.74, 6) is 0.672. The minimum Gasteiger partial charge on any atom is -0.352 e. The summed E-state index contributed by atoms with van der Waals surface area (Å²) in [4.78, 5) is 40.4. The third-order valence-corrected chi connectivity index (χ3v) is 6.69. The fourth-order valence-corrected chi connectivity index (χ4v) is 4.88. The fraction of sp³-hybridized carbons (Fsp3) is 0.444. The zero-order valence-electron chi connectivity index (χ0n) is 20.1. The second-order valence-corrected chi connectivity index (χ2v) is 9.28. The van der Waals surface area contributed by atoms with Crippen molar-refractivity contribution >= 4 is 16.9 Å². The van der Waals surface area contributed by atoms with Gasteiger partial charge in [-0.15, -0.1) is 0 Å². The number of aryl methyl sites for hydroxylation is 1. The highest BCUT2D eigenvalue weighted by molar-refractivity contribution is 5.94. The van der Waals surface area contributed by atoms with E-state index in [-0.39, 0.29) is 12.5 Å². The van der Waals surface area contributed by atoms with Gasteiger partial charge >= 0.3 is 11.1 Å². The molecule has 180 valence electrons. The maximum Gasteiger partial charge on any atom is 0.317 e. The summed E-state index contributed by atoms with van der Waals surface area (Å²) in [5.41, 5.74) is 1.86. The molecule has 34 heavy (non-hydrogen) atoms.